The molecule has 0 aliphatic heterocycles. The molecule has 21 heavy (non-hydrogen) atoms. The molecule has 0 atom stereocenters. The molecule has 0 fully saturated rings. The highest BCUT2D eigenvalue weighted by molar-refractivity contribution is 6.44. The minimum atomic E-state index is -0.415. The fraction of sp³-hybridized carbons (Fsp3) is 0.0714. The molecular formula is C14H10Cl4N2O. The zero-order chi connectivity index (χ0) is 15.7. The molecule has 2 aromatic carbocycles. The molecule has 7 heteroatoms. The van der Waals surface area contributed by atoms with Crippen LogP contribution >= 0.6 is 46.4 Å². The number of anilines is 2. The molecule has 3 nitrogen and oxygen atoms in total. The molecule has 0 heterocycles. The Morgan fingerprint density at radius 3 is 2.29 bits per heavy atom. The zero-order valence-electron chi connectivity index (χ0n) is 10.8. The second-order valence-electron chi connectivity index (χ2n) is 4.40. The van der Waals surface area contributed by atoms with E-state index in [1.165, 1.54) is 12.1 Å². The summed E-state index contributed by atoms with van der Waals surface area (Å²) in [6.07, 6.45) is 0. The largest absolute Gasteiger partial charge is 0.397 e. The number of hydrogen-bond acceptors (Lipinski definition) is 2. The van der Waals surface area contributed by atoms with Crippen LogP contribution in [0.3, 0.4) is 0 Å². The first-order valence-corrected chi connectivity index (χ1v) is 7.32. The Morgan fingerprint density at radius 2 is 1.67 bits per heavy atom. The van der Waals surface area contributed by atoms with Gasteiger partial charge >= 0.3 is 0 Å². The summed E-state index contributed by atoms with van der Waals surface area (Å²) in [5.41, 5.74) is 7.40. The zero-order valence-corrected chi connectivity index (χ0v) is 13.8. The number of nitrogen functional groups attached to an aromatic ring is 1. The van der Waals surface area contributed by atoms with Gasteiger partial charge in [-0.15, -0.1) is 0 Å². The van der Waals surface area contributed by atoms with Crippen molar-refractivity contribution >= 4 is 63.7 Å². The minimum Gasteiger partial charge on any atom is -0.397 e. The summed E-state index contributed by atoms with van der Waals surface area (Å²) in [5.74, 6) is -0.415. The first-order chi connectivity index (χ1) is 9.79. The number of carbonyl (C=O) groups is 1. The average Bonchev–Trinajstić information content (AvgIpc) is 2.41. The second kappa shape index (κ2) is 6.32. The van der Waals surface area contributed by atoms with E-state index in [0.29, 0.717) is 15.7 Å². The van der Waals surface area contributed by atoms with E-state index < -0.39 is 5.91 Å². The maximum absolute atomic E-state index is 12.2. The summed E-state index contributed by atoms with van der Waals surface area (Å²) in [5, 5.41) is 3.96. The summed E-state index contributed by atoms with van der Waals surface area (Å²) in [6.45, 7) is 1.82. The van der Waals surface area contributed by atoms with Gasteiger partial charge in [0.15, 0.2) is 0 Å². The molecular weight excluding hydrogens is 354 g/mol. The number of aryl methyl sites for hydroxylation is 1. The van der Waals surface area contributed by atoms with Crippen molar-refractivity contribution in [2.24, 2.45) is 0 Å². The monoisotopic (exact) mass is 362 g/mol. The molecule has 2 rings (SSSR count). The number of rotatable bonds is 2. The van der Waals surface area contributed by atoms with Gasteiger partial charge in [0.25, 0.3) is 5.91 Å². The Labute approximate surface area is 141 Å². The van der Waals surface area contributed by atoms with Crippen LogP contribution in [0.15, 0.2) is 24.3 Å². The second-order valence-corrected chi connectivity index (χ2v) is 6.00. The maximum atomic E-state index is 12.2. The fourth-order valence-electron chi connectivity index (χ4n) is 1.68. The van der Waals surface area contributed by atoms with Gasteiger partial charge in [-0.1, -0.05) is 46.4 Å². The van der Waals surface area contributed by atoms with Crippen molar-refractivity contribution in [2.45, 2.75) is 6.92 Å². The molecule has 3 N–H and O–H groups in total. The van der Waals surface area contributed by atoms with E-state index in [0.717, 1.165) is 5.56 Å². The first kappa shape index (κ1) is 16.2. The van der Waals surface area contributed by atoms with Crippen molar-refractivity contribution < 1.29 is 4.79 Å². The van der Waals surface area contributed by atoms with Gasteiger partial charge in [-0.2, -0.15) is 0 Å². The maximum Gasteiger partial charge on any atom is 0.255 e. The minimum absolute atomic E-state index is 0.204. The van der Waals surface area contributed by atoms with Gasteiger partial charge in [-0.05, 0) is 36.8 Å². The molecule has 0 aliphatic carbocycles. The van der Waals surface area contributed by atoms with Crippen LogP contribution in [-0.2, 0) is 0 Å². The van der Waals surface area contributed by atoms with Crippen LogP contribution in [0, 0.1) is 6.92 Å². The quantitative estimate of drug-likeness (QED) is 0.697. The van der Waals surface area contributed by atoms with Crippen LogP contribution in [0.5, 0.6) is 0 Å². The molecule has 1 amide bonds. The number of hydrogen-bond donors (Lipinski definition) is 2. The van der Waals surface area contributed by atoms with E-state index in [1.807, 2.05) is 6.92 Å². The lowest BCUT2D eigenvalue weighted by Crippen LogP contribution is -2.13. The van der Waals surface area contributed by atoms with Crippen LogP contribution in [0.2, 0.25) is 20.1 Å². The fourth-order valence-corrected chi connectivity index (χ4v) is 2.44. The molecule has 0 aliphatic rings. The van der Waals surface area contributed by atoms with Crippen LogP contribution in [0.25, 0.3) is 0 Å². The van der Waals surface area contributed by atoms with Gasteiger partial charge in [0.1, 0.15) is 0 Å². The predicted octanol–water partition coefficient (Wildman–Crippen LogP) is 5.44. The van der Waals surface area contributed by atoms with Crippen LogP contribution < -0.4 is 11.1 Å². The average molecular weight is 364 g/mol. The molecule has 0 spiro atoms. The van der Waals surface area contributed by atoms with Crippen molar-refractivity contribution in [3.8, 4) is 0 Å². The lowest BCUT2D eigenvalue weighted by Gasteiger charge is -2.10. The van der Waals surface area contributed by atoms with E-state index in [1.54, 1.807) is 12.1 Å². The van der Waals surface area contributed by atoms with E-state index in [2.05, 4.69) is 5.32 Å². The normalized spacial score (nSPS) is 10.5. The number of nitrogens with two attached hydrogens (primary N) is 1. The van der Waals surface area contributed by atoms with Crippen molar-refractivity contribution in [3.63, 3.8) is 0 Å². The predicted molar refractivity (Wildman–Crippen MR) is 90.0 cm³/mol. The number of amides is 1. The lowest BCUT2D eigenvalue weighted by molar-refractivity contribution is 0.102. The van der Waals surface area contributed by atoms with Crippen molar-refractivity contribution in [2.75, 3.05) is 11.1 Å². The Balaban J connectivity index is 2.32. The number of nitrogens with one attached hydrogen (secondary N) is 1. The molecule has 0 saturated heterocycles. The standard InChI is InChI=1S/C14H10Cl4N2O/c1-6-2-9(16)12(5-8(6)15)20-14(21)7-3-10(17)13(18)11(19)4-7/h2-5H,19H2,1H3,(H,20,21). The Hall–Kier alpha value is -1.13. The van der Waals surface area contributed by atoms with Gasteiger partial charge in [0, 0.05) is 10.6 Å². The van der Waals surface area contributed by atoms with Crippen molar-refractivity contribution in [1.82, 2.24) is 0 Å². The summed E-state index contributed by atoms with van der Waals surface area (Å²) in [7, 11) is 0. The van der Waals surface area contributed by atoms with E-state index in [9.17, 15) is 4.79 Å². The number of carbonyl (C=O) groups excluding carboxylic acids is 1. The molecule has 0 unspecified atom stereocenters. The van der Waals surface area contributed by atoms with Gasteiger partial charge < -0.3 is 11.1 Å². The van der Waals surface area contributed by atoms with E-state index in [-0.39, 0.29) is 21.3 Å². The topological polar surface area (TPSA) is 55.1 Å². The van der Waals surface area contributed by atoms with Crippen molar-refractivity contribution in [1.29, 1.82) is 0 Å². The summed E-state index contributed by atoms with van der Waals surface area (Å²) >= 11 is 23.8. The summed E-state index contributed by atoms with van der Waals surface area (Å²) in [4.78, 5) is 12.2. The smallest absolute Gasteiger partial charge is 0.255 e. The van der Waals surface area contributed by atoms with Gasteiger partial charge in [0.2, 0.25) is 0 Å². The molecule has 0 radical (unpaired) electrons. The highest BCUT2D eigenvalue weighted by Crippen LogP contribution is 2.31. The third-order valence-electron chi connectivity index (χ3n) is 2.82. The number of benzene rings is 2. The van der Waals surface area contributed by atoms with Crippen LogP contribution in [0.1, 0.15) is 15.9 Å². The van der Waals surface area contributed by atoms with E-state index in [4.69, 9.17) is 52.1 Å². The van der Waals surface area contributed by atoms with Gasteiger partial charge in [-0.3, -0.25) is 4.79 Å². The lowest BCUT2D eigenvalue weighted by atomic mass is 10.1. The Bertz CT molecular complexity index is 708. The summed E-state index contributed by atoms with van der Waals surface area (Å²) in [6, 6.07) is 6.12. The van der Waals surface area contributed by atoms with Crippen LogP contribution in [0.4, 0.5) is 11.4 Å². The third kappa shape index (κ3) is 3.55. The third-order valence-corrected chi connectivity index (χ3v) is 4.35. The molecule has 2 aromatic rings. The molecule has 0 bridgehead atoms. The SMILES string of the molecule is Cc1cc(Cl)c(NC(=O)c2cc(N)c(Cl)c(Cl)c2)cc1Cl. The van der Waals surface area contributed by atoms with Crippen molar-refractivity contribution in [3.05, 3.63) is 55.5 Å². The summed E-state index contributed by atoms with van der Waals surface area (Å²) < 4.78 is 0. The van der Waals surface area contributed by atoms with E-state index >= 15 is 0 Å². The Morgan fingerprint density at radius 1 is 1.00 bits per heavy atom. The van der Waals surface area contributed by atoms with Gasteiger partial charge in [-0.25, -0.2) is 0 Å². The molecule has 0 saturated carbocycles. The van der Waals surface area contributed by atoms with Gasteiger partial charge in [0.05, 0.1) is 26.4 Å². The number of halogens is 4. The first-order valence-electron chi connectivity index (χ1n) is 5.81. The molecule has 0 aromatic heterocycles. The van der Waals surface area contributed by atoms with Crippen LogP contribution in [-0.4, -0.2) is 5.91 Å². The highest BCUT2D eigenvalue weighted by atomic mass is 35.5. The Kier molecular flexibility index (Phi) is 4.89. The molecule has 110 valence electrons. The highest BCUT2D eigenvalue weighted by Gasteiger charge is 2.13.